The lowest BCUT2D eigenvalue weighted by atomic mass is 10.2. The van der Waals surface area contributed by atoms with Gasteiger partial charge in [-0.3, -0.25) is 0 Å². The fraction of sp³-hybridized carbons (Fsp3) is 0.500. The molecule has 2 N–H and O–H groups in total. The maximum Gasteiger partial charge on any atom is 0.208 e. The molecule has 21 heavy (non-hydrogen) atoms. The zero-order chi connectivity index (χ0) is 15.7. The number of hydrogen-bond acceptors (Lipinski definition) is 3. The van der Waals surface area contributed by atoms with Crippen molar-refractivity contribution in [3.05, 3.63) is 35.9 Å². The molecule has 0 heterocycles. The molecule has 0 saturated heterocycles. The van der Waals surface area contributed by atoms with Crippen LogP contribution in [-0.4, -0.2) is 52.7 Å². The van der Waals surface area contributed by atoms with Gasteiger partial charge in [0.2, 0.25) is 10.0 Å². The van der Waals surface area contributed by atoms with Gasteiger partial charge < -0.3 is 10.2 Å². The number of nitrogens with one attached hydrogen (secondary N) is 2. The SMILES string of the molecule is CN(C)C(=NCc1ccccc1)NCCCNS(C)(=O)=O. The largest absolute Gasteiger partial charge is 0.356 e. The summed E-state index contributed by atoms with van der Waals surface area (Å²) in [5, 5.41) is 3.22. The standard InChI is InChI=1S/C14H24N4O2S/c1-18(2)14(15-10-7-11-17-21(3,19)20)16-12-13-8-5-4-6-9-13/h4-6,8-9,17H,7,10-12H2,1-3H3,(H,15,16). The van der Waals surface area contributed by atoms with Crippen molar-refractivity contribution in [3.63, 3.8) is 0 Å². The Morgan fingerprint density at radius 1 is 1.19 bits per heavy atom. The molecule has 118 valence electrons. The summed E-state index contributed by atoms with van der Waals surface area (Å²) >= 11 is 0. The average Bonchev–Trinajstić information content (AvgIpc) is 2.41. The van der Waals surface area contributed by atoms with Crippen LogP contribution in [0.4, 0.5) is 0 Å². The molecular formula is C14H24N4O2S. The fourth-order valence-electron chi connectivity index (χ4n) is 1.65. The Kier molecular flexibility index (Phi) is 7.18. The van der Waals surface area contributed by atoms with Crippen LogP contribution in [0.25, 0.3) is 0 Å². The number of hydrogen-bond donors (Lipinski definition) is 2. The van der Waals surface area contributed by atoms with Gasteiger partial charge in [-0.1, -0.05) is 30.3 Å². The van der Waals surface area contributed by atoms with Crippen molar-refractivity contribution in [1.82, 2.24) is 14.9 Å². The van der Waals surface area contributed by atoms with Crippen LogP contribution >= 0.6 is 0 Å². The monoisotopic (exact) mass is 312 g/mol. The average molecular weight is 312 g/mol. The van der Waals surface area contributed by atoms with Gasteiger partial charge in [-0.05, 0) is 12.0 Å². The number of aliphatic imine (C=N–C) groups is 1. The van der Waals surface area contributed by atoms with E-state index in [9.17, 15) is 8.42 Å². The molecule has 0 atom stereocenters. The van der Waals surface area contributed by atoms with Gasteiger partial charge in [-0.15, -0.1) is 0 Å². The van der Waals surface area contributed by atoms with E-state index in [0.29, 0.717) is 26.1 Å². The predicted molar refractivity (Wildman–Crippen MR) is 86.7 cm³/mol. The third-order valence-electron chi connectivity index (χ3n) is 2.68. The van der Waals surface area contributed by atoms with E-state index in [2.05, 4.69) is 15.0 Å². The maximum absolute atomic E-state index is 10.9. The summed E-state index contributed by atoms with van der Waals surface area (Å²) in [6.45, 7) is 1.70. The maximum atomic E-state index is 10.9. The Morgan fingerprint density at radius 3 is 2.43 bits per heavy atom. The highest BCUT2D eigenvalue weighted by atomic mass is 32.2. The Bertz CT molecular complexity index is 541. The van der Waals surface area contributed by atoms with Crippen LogP contribution < -0.4 is 10.0 Å². The molecule has 0 aromatic heterocycles. The summed E-state index contributed by atoms with van der Waals surface area (Å²) < 4.78 is 24.3. The molecule has 0 radical (unpaired) electrons. The van der Waals surface area contributed by atoms with Crippen LogP contribution in [0.5, 0.6) is 0 Å². The molecule has 0 fully saturated rings. The molecule has 0 amide bonds. The molecule has 7 heteroatoms. The summed E-state index contributed by atoms with van der Waals surface area (Å²) in [7, 11) is 0.739. The summed E-state index contributed by atoms with van der Waals surface area (Å²) in [5.74, 6) is 0.790. The highest BCUT2D eigenvalue weighted by molar-refractivity contribution is 7.88. The molecule has 0 unspecified atom stereocenters. The van der Waals surface area contributed by atoms with Crippen molar-refractivity contribution < 1.29 is 8.42 Å². The number of guanidine groups is 1. The van der Waals surface area contributed by atoms with Crippen molar-refractivity contribution in [3.8, 4) is 0 Å². The summed E-state index contributed by atoms with van der Waals surface area (Å²) in [6, 6.07) is 10.0. The molecular weight excluding hydrogens is 288 g/mol. The molecule has 0 saturated carbocycles. The Morgan fingerprint density at radius 2 is 1.86 bits per heavy atom. The summed E-state index contributed by atoms with van der Waals surface area (Å²) in [5.41, 5.74) is 1.15. The van der Waals surface area contributed by atoms with Crippen LogP contribution in [-0.2, 0) is 16.6 Å². The van der Waals surface area contributed by atoms with Crippen LogP contribution in [0.1, 0.15) is 12.0 Å². The van der Waals surface area contributed by atoms with Crippen LogP contribution in [0, 0.1) is 0 Å². The molecule has 0 aliphatic carbocycles. The second-order valence-corrected chi connectivity index (χ2v) is 6.80. The van der Waals surface area contributed by atoms with Gasteiger partial charge in [0.05, 0.1) is 12.8 Å². The van der Waals surface area contributed by atoms with E-state index in [1.165, 1.54) is 0 Å². The third kappa shape index (κ3) is 8.31. The first kappa shape index (κ1) is 17.5. The van der Waals surface area contributed by atoms with Gasteiger partial charge in [-0.25, -0.2) is 18.1 Å². The lowest BCUT2D eigenvalue weighted by molar-refractivity contribution is 0.568. The molecule has 0 spiro atoms. The summed E-state index contributed by atoms with van der Waals surface area (Å²) in [6.07, 6.45) is 1.86. The van der Waals surface area contributed by atoms with Gasteiger partial charge in [0.15, 0.2) is 5.96 Å². The third-order valence-corrected chi connectivity index (χ3v) is 3.41. The van der Waals surface area contributed by atoms with Crippen molar-refractivity contribution in [2.45, 2.75) is 13.0 Å². The second-order valence-electron chi connectivity index (χ2n) is 4.97. The van der Waals surface area contributed by atoms with E-state index >= 15 is 0 Å². The van der Waals surface area contributed by atoms with E-state index in [1.54, 1.807) is 0 Å². The van der Waals surface area contributed by atoms with Crippen molar-refractivity contribution in [2.75, 3.05) is 33.4 Å². The zero-order valence-corrected chi connectivity index (χ0v) is 13.7. The molecule has 1 rings (SSSR count). The minimum atomic E-state index is -3.11. The lowest BCUT2D eigenvalue weighted by Gasteiger charge is -2.17. The number of sulfonamides is 1. The quantitative estimate of drug-likeness (QED) is 0.440. The van der Waals surface area contributed by atoms with Gasteiger partial charge in [0.25, 0.3) is 0 Å². The molecule has 1 aromatic rings. The van der Waals surface area contributed by atoms with Crippen molar-refractivity contribution in [2.24, 2.45) is 4.99 Å². The molecule has 0 bridgehead atoms. The van der Waals surface area contributed by atoms with Crippen molar-refractivity contribution >= 4 is 16.0 Å². The summed E-state index contributed by atoms with van der Waals surface area (Å²) in [4.78, 5) is 6.44. The van der Waals surface area contributed by atoms with Gasteiger partial charge in [0.1, 0.15) is 0 Å². The van der Waals surface area contributed by atoms with Crippen LogP contribution in [0.2, 0.25) is 0 Å². The topological polar surface area (TPSA) is 73.8 Å². The fourth-order valence-corrected chi connectivity index (χ4v) is 2.17. The van der Waals surface area contributed by atoms with Crippen molar-refractivity contribution in [1.29, 1.82) is 0 Å². The Hall–Kier alpha value is -1.60. The van der Waals surface area contributed by atoms with Crippen LogP contribution in [0.15, 0.2) is 35.3 Å². The predicted octanol–water partition coefficient (Wildman–Crippen LogP) is 0.633. The van der Waals surface area contributed by atoms with E-state index < -0.39 is 10.0 Å². The first-order valence-corrected chi connectivity index (χ1v) is 8.72. The van der Waals surface area contributed by atoms with Gasteiger partial charge in [-0.2, -0.15) is 0 Å². The second kappa shape index (κ2) is 8.63. The highest BCUT2D eigenvalue weighted by Crippen LogP contribution is 2.00. The smallest absolute Gasteiger partial charge is 0.208 e. The molecule has 0 aliphatic rings. The number of nitrogens with zero attached hydrogens (tertiary/aromatic N) is 2. The zero-order valence-electron chi connectivity index (χ0n) is 12.8. The van der Waals surface area contributed by atoms with E-state index in [0.717, 1.165) is 17.8 Å². The van der Waals surface area contributed by atoms with Crippen LogP contribution in [0.3, 0.4) is 0 Å². The molecule has 0 aliphatic heterocycles. The van der Waals surface area contributed by atoms with Gasteiger partial charge in [0, 0.05) is 27.2 Å². The van der Waals surface area contributed by atoms with Gasteiger partial charge >= 0.3 is 0 Å². The Labute approximate surface area is 127 Å². The van der Waals surface area contributed by atoms with E-state index in [4.69, 9.17) is 0 Å². The normalized spacial score (nSPS) is 12.2. The first-order valence-electron chi connectivity index (χ1n) is 6.82. The molecule has 6 nitrogen and oxygen atoms in total. The lowest BCUT2D eigenvalue weighted by Crippen LogP contribution is -2.38. The minimum absolute atomic E-state index is 0.422. The number of benzene rings is 1. The minimum Gasteiger partial charge on any atom is -0.356 e. The molecule has 1 aromatic carbocycles. The van der Waals surface area contributed by atoms with E-state index in [-0.39, 0.29) is 0 Å². The highest BCUT2D eigenvalue weighted by Gasteiger charge is 2.02. The number of rotatable bonds is 7. The van der Waals surface area contributed by atoms with E-state index in [1.807, 2.05) is 49.3 Å². The Balaban J connectivity index is 2.40. The first-order chi connectivity index (χ1) is 9.88.